The zero-order valence-electron chi connectivity index (χ0n) is 14.4. The average molecular weight is 362 g/mol. The van der Waals surface area contributed by atoms with Gasteiger partial charge in [0.1, 0.15) is 5.15 Å². The lowest BCUT2D eigenvalue weighted by atomic mass is 10.2. The molecule has 1 aliphatic rings. The number of nitrogens with one attached hydrogen (secondary N) is 1. The molecule has 2 aromatic rings. The van der Waals surface area contributed by atoms with E-state index < -0.39 is 0 Å². The fraction of sp³-hybridized carbons (Fsp3) is 0.333. The van der Waals surface area contributed by atoms with Crippen LogP contribution in [-0.4, -0.2) is 22.5 Å². The number of hydrogen-bond donors (Lipinski definition) is 1. The summed E-state index contributed by atoms with van der Waals surface area (Å²) < 4.78 is 12.3. The monoisotopic (exact) mass is 361 g/mol. The van der Waals surface area contributed by atoms with Gasteiger partial charge >= 0.3 is 0 Å². The van der Waals surface area contributed by atoms with Crippen LogP contribution in [0.2, 0.25) is 5.15 Å². The van der Waals surface area contributed by atoms with Gasteiger partial charge in [-0.2, -0.15) is 5.10 Å². The third-order valence-electron chi connectivity index (χ3n) is 3.69. The second-order valence-electron chi connectivity index (χ2n) is 6.26. The van der Waals surface area contributed by atoms with Gasteiger partial charge in [-0.1, -0.05) is 25.4 Å². The Bertz CT molecular complexity index is 827. The minimum Gasteiger partial charge on any atom is -0.454 e. The largest absolute Gasteiger partial charge is 0.454 e. The molecule has 0 saturated heterocycles. The molecular formula is C18H20ClN3O3. The van der Waals surface area contributed by atoms with E-state index in [0.29, 0.717) is 28.3 Å². The minimum atomic E-state index is -0.258. The maximum absolute atomic E-state index is 12.2. The summed E-state index contributed by atoms with van der Waals surface area (Å²) in [5.41, 5.74) is 2.18. The number of carbonyl (C=O) groups is 1. The van der Waals surface area contributed by atoms with Gasteiger partial charge in [0.2, 0.25) is 12.7 Å². The first kappa shape index (κ1) is 17.4. The van der Waals surface area contributed by atoms with Crippen molar-refractivity contribution in [3.63, 3.8) is 0 Å². The van der Waals surface area contributed by atoms with E-state index in [9.17, 15) is 4.79 Å². The number of hydrogen-bond acceptors (Lipinski definition) is 4. The second-order valence-corrected chi connectivity index (χ2v) is 6.61. The van der Waals surface area contributed by atoms with E-state index in [-0.39, 0.29) is 12.7 Å². The molecule has 7 heteroatoms. The Kier molecular flexibility index (Phi) is 4.99. The number of fused-ring (bicyclic) bond motifs is 1. The SMILES string of the molecule is Cc1nn(CC(C)C)c(Cl)c1/C=C/C(=O)Nc1ccc2c(c1)OCO2. The van der Waals surface area contributed by atoms with E-state index in [2.05, 4.69) is 24.3 Å². The number of anilines is 1. The van der Waals surface area contributed by atoms with Crippen LogP contribution >= 0.6 is 11.6 Å². The number of benzene rings is 1. The lowest BCUT2D eigenvalue weighted by molar-refractivity contribution is -0.111. The highest BCUT2D eigenvalue weighted by Gasteiger charge is 2.14. The molecular weight excluding hydrogens is 342 g/mol. The Hall–Kier alpha value is -2.47. The van der Waals surface area contributed by atoms with E-state index >= 15 is 0 Å². The van der Waals surface area contributed by atoms with E-state index in [1.807, 2.05) is 6.92 Å². The van der Waals surface area contributed by atoms with Crippen LogP contribution in [0.15, 0.2) is 24.3 Å². The summed E-state index contributed by atoms with van der Waals surface area (Å²) in [6.07, 6.45) is 3.13. The number of carbonyl (C=O) groups excluding carboxylic acids is 1. The summed E-state index contributed by atoms with van der Waals surface area (Å²) in [5, 5.41) is 7.75. The Labute approximate surface area is 151 Å². The Morgan fingerprint density at radius 3 is 2.92 bits per heavy atom. The van der Waals surface area contributed by atoms with Gasteiger partial charge < -0.3 is 14.8 Å². The summed E-state index contributed by atoms with van der Waals surface area (Å²) in [4.78, 5) is 12.2. The van der Waals surface area contributed by atoms with Crippen molar-refractivity contribution in [1.29, 1.82) is 0 Å². The van der Waals surface area contributed by atoms with Crippen molar-refractivity contribution < 1.29 is 14.3 Å². The summed E-state index contributed by atoms with van der Waals surface area (Å²) >= 11 is 6.37. The Morgan fingerprint density at radius 2 is 2.16 bits per heavy atom. The maximum Gasteiger partial charge on any atom is 0.248 e. The van der Waals surface area contributed by atoms with Gasteiger partial charge in [-0.3, -0.25) is 9.48 Å². The number of aromatic nitrogens is 2. The number of rotatable bonds is 5. The first-order valence-corrected chi connectivity index (χ1v) is 8.43. The smallest absolute Gasteiger partial charge is 0.248 e. The van der Waals surface area contributed by atoms with Gasteiger partial charge in [0, 0.05) is 29.9 Å². The van der Waals surface area contributed by atoms with E-state index in [1.54, 1.807) is 29.0 Å². The molecule has 0 unspecified atom stereocenters. The molecule has 2 heterocycles. The third-order valence-corrected chi connectivity index (χ3v) is 4.09. The van der Waals surface area contributed by atoms with E-state index in [4.69, 9.17) is 21.1 Å². The van der Waals surface area contributed by atoms with Gasteiger partial charge in [0.25, 0.3) is 0 Å². The number of nitrogens with zero attached hydrogens (tertiary/aromatic N) is 2. The number of amides is 1. The molecule has 6 nitrogen and oxygen atoms in total. The molecule has 1 aliphatic heterocycles. The van der Waals surface area contributed by atoms with Crippen molar-refractivity contribution in [2.24, 2.45) is 5.92 Å². The van der Waals surface area contributed by atoms with E-state index in [0.717, 1.165) is 17.8 Å². The van der Waals surface area contributed by atoms with Crippen molar-refractivity contribution >= 4 is 29.3 Å². The molecule has 3 rings (SSSR count). The quantitative estimate of drug-likeness (QED) is 0.821. The maximum atomic E-state index is 12.2. The number of aryl methyl sites for hydroxylation is 1. The van der Waals surface area contributed by atoms with Crippen molar-refractivity contribution in [1.82, 2.24) is 9.78 Å². The van der Waals surface area contributed by atoms with Crippen molar-refractivity contribution in [2.75, 3.05) is 12.1 Å². The van der Waals surface area contributed by atoms with Crippen molar-refractivity contribution in [2.45, 2.75) is 27.3 Å². The minimum absolute atomic E-state index is 0.199. The molecule has 0 aliphatic carbocycles. The first-order valence-electron chi connectivity index (χ1n) is 8.05. The van der Waals surface area contributed by atoms with Gasteiger partial charge in [-0.05, 0) is 31.1 Å². The van der Waals surface area contributed by atoms with E-state index in [1.165, 1.54) is 6.08 Å². The van der Waals surface area contributed by atoms with Gasteiger partial charge in [-0.15, -0.1) is 0 Å². The standard InChI is InChI=1S/C18H20ClN3O3/c1-11(2)9-22-18(19)14(12(3)21-22)5-7-17(23)20-13-4-6-15-16(8-13)25-10-24-15/h4-8,11H,9-10H2,1-3H3,(H,20,23)/b7-5+. The molecule has 0 spiro atoms. The molecule has 1 aromatic heterocycles. The van der Waals surface area contributed by atoms with Gasteiger partial charge in [-0.25, -0.2) is 0 Å². The molecule has 0 fully saturated rings. The molecule has 0 bridgehead atoms. The van der Waals surface area contributed by atoms with Crippen LogP contribution in [0.4, 0.5) is 5.69 Å². The average Bonchev–Trinajstić information content (AvgIpc) is 3.10. The normalized spacial score (nSPS) is 13.0. The predicted octanol–water partition coefficient (Wildman–Crippen LogP) is 3.88. The van der Waals surface area contributed by atoms with Crippen LogP contribution in [0.1, 0.15) is 25.1 Å². The number of halogens is 1. The summed E-state index contributed by atoms with van der Waals surface area (Å²) in [6.45, 7) is 7.00. The molecule has 0 saturated carbocycles. The molecule has 132 valence electrons. The zero-order valence-corrected chi connectivity index (χ0v) is 15.1. The number of ether oxygens (including phenoxy) is 2. The van der Waals surface area contributed by atoms with Crippen LogP contribution in [0.5, 0.6) is 11.5 Å². The van der Waals surface area contributed by atoms with Gasteiger partial charge in [0.15, 0.2) is 11.5 Å². The third kappa shape index (κ3) is 3.96. The lowest BCUT2D eigenvalue weighted by Crippen LogP contribution is -2.07. The Morgan fingerprint density at radius 1 is 1.40 bits per heavy atom. The molecule has 1 amide bonds. The highest BCUT2D eigenvalue weighted by Crippen LogP contribution is 2.34. The van der Waals surface area contributed by atoms with Gasteiger partial charge in [0.05, 0.1) is 5.69 Å². The molecule has 25 heavy (non-hydrogen) atoms. The molecule has 0 atom stereocenters. The summed E-state index contributed by atoms with van der Waals surface area (Å²) in [7, 11) is 0. The highest BCUT2D eigenvalue weighted by molar-refractivity contribution is 6.31. The predicted molar refractivity (Wildman–Crippen MR) is 97.0 cm³/mol. The molecule has 1 aromatic carbocycles. The fourth-order valence-corrected chi connectivity index (χ4v) is 2.85. The first-order chi connectivity index (χ1) is 11.9. The fourth-order valence-electron chi connectivity index (χ4n) is 2.54. The van der Waals surface area contributed by atoms with Crippen LogP contribution in [0.25, 0.3) is 6.08 Å². The molecule has 1 N–H and O–H groups in total. The Balaban J connectivity index is 1.69. The zero-order chi connectivity index (χ0) is 18.0. The van der Waals surface area contributed by atoms with Crippen LogP contribution < -0.4 is 14.8 Å². The second kappa shape index (κ2) is 7.19. The highest BCUT2D eigenvalue weighted by atomic mass is 35.5. The summed E-state index contributed by atoms with van der Waals surface area (Å²) in [5.74, 6) is 1.47. The van der Waals surface area contributed by atoms with Crippen molar-refractivity contribution in [3.05, 3.63) is 40.7 Å². The van der Waals surface area contributed by atoms with Crippen LogP contribution in [0, 0.1) is 12.8 Å². The lowest BCUT2D eigenvalue weighted by Gasteiger charge is -2.05. The summed E-state index contributed by atoms with van der Waals surface area (Å²) in [6, 6.07) is 5.25. The molecule has 0 radical (unpaired) electrons. The van der Waals surface area contributed by atoms with Crippen LogP contribution in [-0.2, 0) is 11.3 Å². The van der Waals surface area contributed by atoms with Crippen LogP contribution in [0.3, 0.4) is 0 Å². The topological polar surface area (TPSA) is 65.4 Å². The van der Waals surface area contributed by atoms with Crippen molar-refractivity contribution in [3.8, 4) is 11.5 Å².